The second-order valence-electron chi connectivity index (χ2n) is 3.88. The normalized spacial score (nSPS) is 11.6. The van der Waals surface area contributed by atoms with Gasteiger partial charge < -0.3 is 21.5 Å². The summed E-state index contributed by atoms with van der Waals surface area (Å²) in [5, 5.41) is 13.6. The minimum absolute atomic E-state index is 0.0861. The Labute approximate surface area is 137 Å². The lowest BCUT2D eigenvalue weighted by Crippen LogP contribution is -2.45. The fourth-order valence-electron chi connectivity index (χ4n) is 1.34. The molecule has 0 aliphatic rings. The number of carboxylic acid groups (broad SMARTS) is 1. The van der Waals surface area contributed by atoms with Gasteiger partial charge >= 0.3 is 12.0 Å². The van der Waals surface area contributed by atoms with Gasteiger partial charge in [0.1, 0.15) is 6.04 Å². The first-order valence-electron chi connectivity index (χ1n) is 5.44. The number of urea groups is 1. The summed E-state index contributed by atoms with van der Waals surface area (Å²) in [4.78, 5) is 33.3. The first kappa shape index (κ1) is 17.5. The van der Waals surface area contributed by atoms with Crippen LogP contribution >= 0.6 is 39.1 Å². The Bertz CT molecular complexity index is 597. The van der Waals surface area contributed by atoms with E-state index in [0.717, 1.165) is 0 Å². The van der Waals surface area contributed by atoms with Crippen LogP contribution in [0.25, 0.3) is 0 Å². The zero-order chi connectivity index (χ0) is 16.2. The average molecular weight is 399 g/mol. The average Bonchev–Trinajstić information content (AvgIpc) is 2.38. The molecule has 1 aromatic rings. The molecule has 5 N–H and O–H groups in total. The zero-order valence-electron chi connectivity index (χ0n) is 10.3. The molecule has 0 aromatic heterocycles. The van der Waals surface area contributed by atoms with Gasteiger partial charge in [-0.2, -0.15) is 0 Å². The summed E-state index contributed by atoms with van der Waals surface area (Å²) in [6, 6.07) is 0.736. The number of aliphatic carboxylic acids is 1. The summed E-state index contributed by atoms with van der Waals surface area (Å²) < 4.78 is 0.539. The van der Waals surface area contributed by atoms with Crippen molar-refractivity contribution in [3.05, 3.63) is 26.7 Å². The summed E-state index contributed by atoms with van der Waals surface area (Å²) in [6.45, 7) is 0. The standard InChI is InChI=1S/C11H10BrCl2N3O4/c12-4-1-2-5(9(14)8(4)13)16-11(21)17-6(10(19)20)3-7(15)18/h1-2,6H,3H2,(H2,15,18)(H,19,20)(H2,16,17,21)/t6-/m1/s1. The van der Waals surface area contributed by atoms with E-state index in [9.17, 15) is 14.4 Å². The second-order valence-corrected chi connectivity index (χ2v) is 5.49. The van der Waals surface area contributed by atoms with Crippen LogP contribution in [0.2, 0.25) is 10.0 Å². The van der Waals surface area contributed by atoms with Crippen molar-refractivity contribution in [1.29, 1.82) is 0 Å². The number of anilines is 1. The fraction of sp³-hybridized carbons (Fsp3) is 0.182. The number of nitrogens with two attached hydrogens (primary N) is 1. The molecule has 0 fully saturated rings. The Morgan fingerprint density at radius 3 is 2.43 bits per heavy atom. The molecule has 0 aliphatic carbocycles. The third-order valence-electron chi connectivity index (χ3n) is 2.29. The molecule has 0 aliphatic heterocycles. The summed E-state index contributed by atoms with van der Waals surface area (Å²) in [5.74, 6) is -2.24. The molecular formula is C11H10BrCl2N3O4. The van der Waals surface area contributed by atoms with E-state index >= 15 is 0 Å². The molecule has 1 aromatic carbocycles. The molecule has 0 saturated carbocycles. The van der Waals surface area contributed by atoms with Gasteiger partial charge in [0.15, 0.2) is 0 Å². The lowest BCUT2D eigenvalue weighted by Gasteiger charge is -2.14. The maximum atomic E-state index is 11.7. The third kappa shape index (κ3) is 5.07. The molecule has 0 bridgehead atoms. The first-order valence-corrected chi connectivity index (χ1v) is 6.99. The minimum Gasteiger partial charge on any atom is -0.480 e. The number of benzene rings is 1. The van der Waals surface area contributed by atoms with Crippen molar-refractivity contribution in [1.82, 2.24) is 5.32 Å². The molecule has 3 amide bonds. The van der Waals surface area contributed by atoms with Crippen LogP contribution in [0.5, 0.6) is 0 Å². The molecule has 0 unspecified atom stereocenters. The van der Waals surface area contributed by atoms with Gasteiger partial charge in [-0.15, -0.1) is 0 Å². The van der Waals surface area contributed by atoms with Crippen LogP contribution in [0.15, 0.2) is 16.6 Å². The summed E-state index contributed by atoms with van der Waals surface area (Å²) in [7, 11) is 0. The van der Waals surface area contributed by atoms with Crippen molar-refractivity contribution >= 4 is 62.7 Å². The molecule has 1 atom stereocenters. The van der Waals surface area contributed by atoms with E-state index in [1.54, 1.807) is 6.07 Å². The number of nitrogens with one attached hydrogen (secondary N) is 2. The van der Waals surface area contributed by atoms with Gasteiger partial charge in [-0.25, -0.2) is 9.59 Å². The Morgan fingerprint density at radius 1 is 1.29 bits per heavy atom. The maximum absolute atomic E-state index is 11.7. The maximum Gasteiger partial charge on any atom is 0.326 e. The quantitative estimate of drug-likeness (QED) is 0.568. The predicted molar refractivity (Wildman–Crippen MR) is 81.6 cm³/mol. The van der Waals surface area contributed by atoms with Crippen LogP contribution in [-0.2, 0) is 9.59 Å². The second kappa shape index (κ2) is 7.48. The van der Waals surface area contributed by atoms with Gasteiger partial charge in [0, 0.05) is 4.47 Å². The lowest BCUT2D eigenvalue weighted by atomic mass is 10.2. The van der Waals surface area contributed by atoms with Gasteiger partial charge in [0.25, 0.3) is 0 Å². The van der Waals surface area contributed by atoms with Crippen molar-refractivity contribution in [3.63, 3.8) is 0 Å². The zero-order valence-corrected chi connectivity index (χ0v) is 13.4. The number of rotatable bonds is 5. The highest BCUT2D eigenvalue weighted by Gasteiger charge is 2.22. The van der Waals surface area contributed by atoms with E-state index < -0.39 is 30.4 Å². The molecule has 114 valence electrons. The number of carbonyl (C=O) groups is 3. The number of halogens is 3. The number of hydrogen-bond donors (Lipinski definition) is 4. The highest BCUT2D eigenvalue weighted by molar-refractivity contribution is 9.10. The van der Waals surface area contributed by atoms with Gasteiger partial charge in [0.05, 0.1) is 22.2 Å². The minimum atomic E-state index is -1.44. The van der Waals surface area contributed by atoms with Crippen LogP contribution < -0.4 is 16.4 Å². The van der Waals surface area contributed by atoms with Crippen molar-refractivity contribution in [2.45, 2.75) is 12.5 Å². The monoisotopic (exact) mass is 397 g/mol. The van der Waals surface area contributed by atoms with Crippen LogP contribution in [-0.4, -0.2) is 29.1 Å². The molecule has 0 spiro atoms. The number of hydrogen-bond acceptors (Lipinski definition) is 3. The van der Waals surface area contributed by atoms with E-state index in [-0.39, 0.29) is 15.7 Å². The molecule has 0 saturated heterocycles. The summed E-state index contributed by atoms with van der Waals surface area (Å²) in [6.07, 6.45) is -0.530. The van der Waals surface area contributed by atoms with Crippen LogP contribution in [0.1, 0.15) is 6.42 Å². The molecule has 7 nitrogen and oxygen atoms in total. The van der Waals surface area contributed by atoms with Crippen molar-refractivity contribution < 1.29 is 19.5 Å². The van der Waals surface area contributed by atoms with Gasteiger partial charge in [0.2, 0.25) is 5.91 Å². The van der Waals surface area contributed by atoms with E-state index in [1.807, 2.05) is 0 Å². The topological polar surface area (TPSA) is 122 Å². The lowest BCUT2D eigenvalue weighted by molar-refractivity contribution is -0.140. The van der Waals surface area contributed by atoms with Gasteiger partial charge in [-0.3, -0.25) is 4.79 Å². The van der Waals surface area contributed by atoms with E-state index in [0.29, 0.717) is 4.47 Å². The number of amides is 3. The van der Waals surface area contributed by atoms with Crippen molar-refractivity contribution in [3.8, 4) is 0 Å². The SMILES string of the molecule is NC(=O)C[C@@H](NC(=O)Nc1ccc(Br)c(Cl)c1Cl)C(=O)O. The third-order valence-corrected chi connectivity index (χ3v) is 4.06. The summed E-state index contributed by atoms with van der Waals surface area (Å²) >= 11 is 15.0. The largest absolute Gasteiger partial charge is 0.480 e. The summed E-state index contributed by atoms with van der Waals surface area (Å²) in [5.41, 5.74) is 5.09. The molecule has 0 heterocycles. The van der Waals surface area contributed by atoms with Crippen molar-refractivity contribution in [2.75, 3.05) is 5.32 Å². The van der Waals surface area contributed by atoms with E-state index in [4.69, 9.17) is 34.0 Å². The number of primary amides is 1. The number of carboxylic acids is 1. The Hall–Kier alpha value is -1.51. The van der Waals surface area contributed by atoms with E-state index in [1.165, 1.54) is 6.07 Å². The first-order chi connectivity index (χ1) is 9.72. The molecular weight excluding hydrogens is 389 g/mol. The van der Waals surface area contributed by atoms with E-state index in [2.05, 4.69) is 26.6 Å². The molecule has 0 radical (unpaired) electrons. The van der Waals surface area contributed by atoms with Crippen LogP contribution in [0.4, 0.5) is 10.5 Å². The Balaban J connectivity index is 2.79. The Morgan fingerprint density at radius 2 is 1.90 bits per heavy atom. The highest BCUT2D eigenvalue weighted by Crippen LogP contribution is 2.35. The predicted octanol–water partition coefficient (Wildman–Crippen LogP) is 2.21. The molecule has 1 rings (SSSR count). The fourth-order valence-corrected chi connectivity index (χ4v) is 2.16. The van der Waals surface area contributed by atoms with Gasteiger partial charge in [-0.1, -0.05) is 23.2 Å². The smallest absolute Gasteiger partial charge is 0.326 e. The Kier molecular flexibility index (Phi) is 6.25. The van der Waals surface area contributed by atoms with Crippen LogP contribution in [0, 0.1) is 0 Å². The van der Waals surface area contributed by atoms with Gasteiger partial charge in [-0.05, 0) is 28.1 Å². The van der Waals surface area contributed by atoms with Crippen LogP contribution in [0.3, 0.4) is 0 Å². The highest BCUT2D eigenvalue weighted by atomic mass is 79.9. The number of carbonyl (C=O) groups excluding carboxylic acids is 2. The molecule has 21 heavy (non-hydrogen) atoms. The van der Waals surface area contributed by atoms with Crippen molar-refractivity contribution in [2.24, 2.45) is 5.73 Å². The molecule has 10 heteroatoms.